The second-order valence-corrected chi connectivity index (χ2v) is 9.35. The number of aryl methyl sites for hydroxylation is 2. The van der Waals surface area contributed by atoms with Gasteiger partial charge in [-0.15, -0.1) is 0 Å². The number of hydrogen-bond donors (Lipinski definition) is 0. The molecule has 1 saturated heterocycles. The summed E-state index contributed by atoms with van der Waals surface area (Å²) in [6.45, 7) is 4.47. The van der Waals surface area contributed by atoms with Crippen LogP contribution in [-0.2, 0) is 10.0 Å². The maximum Gasteiger partial charge on any atom is 0.255 e. The van der Waals surface area contributed by atoms with E-state index >= 15 is 0 Å². The zero-order chi connectivity index (χ0) is 21.5. The zero-order valence-electron chi connectivity index (χ0n) is 16.8. The van der Waals surface area contributed by atoms with Crippen molar-refractivity contribution in [3.8, 4) is 0 Å². The first-order valence-corrected chi connectivity index (χ1v) is 11.1. The average Bonchev–Trinajstić information content (AvgIpc) is 2.73. The van der Waals surface area contributed by atoms with E-state index in [1.807, 2.05) is 31.2 Å². The normalized spacial score (nSPS) is 15.5. The molecule has 1 aliphatic rings. The molecule has 156 valence electrons. The molecule has 1 fully saturated rings. The molecule has 0 aliphatic carbocycles. The van der Waals surface area contributed by atoms with Gasteiger partial charge in [-0.2, -0.15) is 4.31 Å². The molecule has 30 heavy (non-hydrogen) atoms. The van der Waals surface area contributed by atoms with E-state index in [1.54, 1.807) is 11.8 Å². The van der Waals surface area contributed by atoms with Gasteiger partial charge in [-0.3, -0.25) is 9.78 Å². The first-order valence-electron chi connectivity index (χ1n) is 9.69. The van der Waals surface area contributed by atoms with Crippen molar-refractivity contribution >= 4 is 26.8 Å². The third kappa shape index (κ3) is 3.68. The fraction of sp³-hybridized carbons (Fsp3) is 0.273. The Morgan fingerprint density at radius 3 is 2.40 bits per heavy atom. The Kier molecular flexibility index (Phi) is 5.29. The summed E-state index contributed by atoms with van der Waals surface area (Å²) in [5, 5.41) is 0.893. The molecule has 0 unspecified atom stereocenters. The number of aromatic nitrogens is 1. The van der Waals surface area contributed by atoms with Crippen molar-refractivity contribution in [2.75, 3.05) is 26.2 Å². The van der Waals surface area contributed by atoms with Crippen molar-refractivity contribution in [3.63, 3.8) is 0 Å². The molecule has 0 bridgehead atoms. The highest BCUT2D eigenvalue weighted by Gasteiger charge is 2.32. The number of amides is 1. The van der Waals surface area contributed by atoms with Gasteiger partial charge in [0.2, 0.25) is 10.0 Å². The van der Waals surface area contributed by atoms with Gasteiger partial charge in [0.05, 0.1) is 16.8 Å². The summed E-state index contributed by atoms with van der Waals surface area (Å²) in [5.41, 5.74) is 3.06. The molecule has 0 radical (unpaired) electrons. The molecule has 0 atom stereocenters. The van der Waals surface area contributed by atoms with E-state index in [9.17, 15) is 17.6 Å². The summed E-state index contributed by atoms with van der Waals surface area (Å²) in [5.74, 6) is -0.949. The second kappa shape index (κ2) is 7.77. The minimum atomic E-state index is -3.94. The van der Waals surface area contributed by atoms with Crippen LogP contribution in [-0.4, -0.2) is 54.7 Å². The lowest BCUT2D eigenvalue weighted by Gasteiger charge is -2.34. The molecular weight excluding hydrogens is 405 g/mol. The van der Waals surface area contributed by atoms with E-state index in [2.05, 4.69) is 4.98 Å². The van der Waals surface area contributed by atoms with Crippen molar-refractivity contribution in [1.82, 2.24) is 14.2 Å². The molecule has 1 aliphatic heterocycles. The third-order valence-electron chi connectivity index (χ3n) is 5.37. The minimum absolute atomic E-state index is 0.113. The maximum atomic E-state index is 14.0. The van der Waals surface area contributed by atoms with Crippen LogP contribution in [0.4, 0.5) is 4.39 Å². The van der Waals surface area contributed by atoms with Crippen LogP contribution < -0.4 is 0 Å². The van der Waals surface area contributed by atoms with Crippen LogP contribution in [0.15, 0.2) is 53.4 Å². The molecule has 8 heteroatoms. The van der Waals surface area contributed by atoms with Gasteiger partial charge in [-0.05, 0) is 44.2 Å². The van der Waals surface area contributed by atoms with Gasteiger partial charge in [0.1, 0.15) is 10.7 Å². The van der Waals surface area contributed by atoms with E-state index in [0.29, 0.717) is 11.3 Å². The van der Waals surface area contributed by atoms with E-state index in [-0.39, 0.29) is 37.0 Å². The lowest BCUT2D eigenvalue weighted by atomic mass is 10.1. The lowest BCUT2D eigenvalue weighted by Crippen LogP contribution is -2.50. The molecule has 0 spiro atoms. The van der Waals surface area contributed by atoms with Crippen molar-refractivity contribution in [2.45, 2.75) is 18.7 Å². The lowest BCUT2D eigenvalue weighted by molar-refractivity contribution is 0.0696. The summed E-state index contributed by atoms with van der Waals surface area (Å²) in [7, 11) is -3.94. The molecule has 0 N–H and O–H groups in total. The van der Waals surface area contributed by atoms with Crippen LogP contribution in [0.1, 0.15) is 21.6 Å². The van der Waals surface area contributed by atoms with Gasteiger partial charge in [0.25, 0.3) is 5.91 Å². The number of benzene rings is 2. The summed E-state index contributed by atoms with van der Waals surface area (Å²) in [6.07, 6.45) is 0. The number of carbonyl (C=O) groups is 1. The van der Waals surface area contributed by atoms with Gasteiger partial charge >= 0.3 is 0 Å². The molecule has 2 heterocycles. The topological polar surface area (TPSA) is 70.6 Å². The van der Waals surface area contributed by atoms with Crippen molar-refractivity contribution in [3.05, 3.63) is 71.2 Å². The smallest absolute Gasteiger partial charge is 0.255 e. The Bertz CT molecular complexity index is 1240. The predicted octanol–water partition coefficient (Wildman–Crippen LogP) is 3.14. The quantitative estimate of drug-likeness (QED) is 0.644. The SMILES string of the molecule is Cc1ccc2nc(C)c(C(=O)N3CCN(S(=O)(=O)c4ccccc4F)CC3)cc2c1. The van der Waals surface area contributed by atoms with Crippen molar-refractivity contribution in [2.24, 2.45) is 0 Å². The fourth-order valence-corrected chi connectivity index (χ4v) is 5.19. The van der Waals surface area contributed by atoms with E-state index in [1.165, 1.54) is 22.5 Å². The minimum Gasteiger partial charge on any atom is -0.336 e. The number of rotatable bonds is 3. The number of nitrogens with zero attached hydrogens (tertiary/aromatic N) is 3. The van der Waals surface area contributed by atoms with Gasteiger partial charge < -0.3 is 4.90 Å². The predicted molar refractivity (Wildman–Crippen MR) is 112 cm³/mol. The highest BCUT2D eigenvalue weighted by molar-refractivity contribution is 7.89. The first-order chi connectivity index (χ1) is 14.3. The largest absolute Gasteiger partial charge is 0.336 e. The Hall–Kier alpha value is -2.84. The summed E-state index contributed by atoms with van der Waals surface area (Å²) >= 11 is 0. The van der Waals surface area contributed by atoms with Crippen molar-refractivity contribution < 1.29 is 17.6 Å². The molecule has 3 aromatic rings. The molecule has 1 amide bonds. The molecule has 4 rings (SSSR count). The fourth-order valence-electron chi connectivity index (χ4n) is 3.70. The average molecular weight is 428 g/mol. The number of carbonyl (C=O) groups excluding carboxylic acids is 1. The van der Waals surface area contributed by atoms with Crippen molar-refractivity contribution in [1.29, 1.82) is 0 Å². The summed E-state index contributed by atoms with van der Waals surface area (Å²) in [4.78, 5) is 18.9. The van der Waals surface area contributed by atoms with Crippen LogP contribution in [0.25, 0.3) is 10.9 Å². The van der Waals surface area contributed by atoms with Crippen LogP contribution in [0.2, 0.25) is 0 Å². The van der Waals surface area contributed by atoms with Crippen LogP contribution >= 0.6 is 0 Å². The summed E-state index contributed by atoms with van der Waals surface area (Å²) < 4.78 is 40.7. The Morgan fingerprint density at radius 1 is 1.00 bits per heavy atom. The Labute approximate surface area is 175 Å². The first kappa shape index (κ1) is 20.4. The Balaban J connectivity index is 1.53. The molecule has 1 aromatic heterocycles. The van der Waals surface area contributed by atoms with Crippen LogP contribution in [0.3, 0.4) is 0 Å². The van der Waals surface area contributed by atoms with Crippen LogP contribution in [0, 0.1) is 19.7 Å². The van der Waals surface area contributed by atoms with Gasteiger partial charge in [-0.1, -0.05) is 23.8 Å². The van der Waals surface area contributed by atoms with E-state index in [0.717, 1.165) is 22.5 Å². The molecule has 0 saturated carbocycles. The van der Waals surface area contributed by atoms with Gasteiger partial charge in [0.15, 0.2) is 0 Å². The number of fused-ring (bicyclic) bond motifs is 1. The highest BCUT2D eigenvalue weighted by Crippen LogP contribution is 2.23. The number of piperazine rings is 1. The number of pyridine rings is 1. The number of halogens is 1. The van der Waals surface area contributed by atoms with E-state index in [4.69, 9.17) is 0 Å². The van der Waals surface area contributed by atoms with Crippen LogP contribution in [0.5, 0.6) is 0 Å². The molecule has 2 aromatic carbocycles. The third-order valence-corrected chi connectivity index (χ3v) is 7.30. The zero-order valence-corrected chi connectivity index (χ0v) is 17.6. The Morgan fingerprint density at radius 2 is 1.70 bits per heavy atom. The van der Waals surface area contributed by atoms with Gasteiger partial charge in [0, 0.05) is 31.6 Å². The highest BCUT2D eigenvalue weighted by atomic mass is 32.2. The number of sulfonamides is 1. The summed E-state index contributed by atoms with van der Waals surface area (Å²) in [6, 6.07) is 13.1. The molecule has 6 nitrogen and oxygen atoms in total. The van der Waals surface area contributed by atoms with Gasteiger partial charge in [-0.25, -0.2) is 12.8 Å². The maximum absolute atomic E-state index is 14.0. The number of hydrogen-bond acceptors (Lipinski definition) is 4. The molecular formula is C22H22FN3O3S. The second-order valence-electron chi connectivity index (χ2n) is 7.44. The standard InChI is InChI=1S/C22H22FN3O3S/c1-15-7-8-20-17(13-15)14-18(16(2)24-20)22(27)25-9-11-26(12-10-25)30(28,29)21-6-4-3-5-19(21)23/h3-8,13-14H,9-12H2,1-2H3. The monoisotopic (exact) mass is 427 g/mol. The van der Waals surface area contributed by atoms with E-state index < -0.39 is 15.8 Å².